The Morgan fingerprint density at radius 3 is 2.44 bits per heavy atom. The van der Waals surface area contributed by atoms with Crippen molar-refractivity contribution in [1.82, 2.24) is 4.31 Å². The molecule has 134 valence electrons. The highest BCUT2D eigenvalue weighted by atomic mass is 79.9. The van der Waals surface area contributed by atoms with Crippen LogP contribution in [0.5, 0.6) is 0 Å². The number of amides is 1. The summed E-state index contributed by atoms with van der Waals surface area (Å²) in [7, 11) is -3.67. The summed E-state index contributed by atoms with van der Waals surface area (Å²) in [4.78, 5) is 12.4. The fraction of sp³-hybridized carbons (Fsp3) is 0.235. The summed E-state index contributed by atoms with van der Waals surface area (Å²) < 4.78 is 40.8. The molecule has 0 saturated heterocycles. The van der Waals surface area contributed by atoms with Gasteiger partial charge in [0.2, 0.25) is 10.0 Å². The molecule has 0 radical (unpaired) electrons. The summed E-state index contributed by atoms with van der Waals surface area (Å²) in [5, 5.41) is 2.45. The van der Waals surface area contributed by atoms with Gasteiger partial charge in [-0.05, 0) is 36.4 Å². The molecule has 25 heavy (non-hydrogen) atoms. The monoisotopic (exact) mass is 428 g/mol. The molecule has 0 aliphatic carbocycles. The van der Waals surface area contributed by atoms with Crippen LogP contribution in [0.1, 0.15) is 24.2 Å². The van der Waals surface area contributed by atoms with E-state index in [0.717, 1.165) is 0 Å². The maximum absolute atomic E-state index is 13.8. The molecule has 0 aromatic heterocycles. The van der Waals surface area contributed by atoms with E-state index in [0.29, 0.717) is 17.6 Å². The minimum Gasteiger partial charge on any atom is -0.319 e. The van der Waals surface area contributed by atoms with Crippen LogP contribution in [0.25, 0.3) is 0 Å². The van der Waals surface area contributed by atoms with Gasteiger partial charge >= 0.3 is 0 Å². The van der Waals surface area contributed by atoms with E-state index in [1.54, 1.807) is 19.9 Å². The molecule has 0 spiro atoms. The van der Waals surface area contributed by atoms with Crippen LogP contribution in [-0.4, -0.2) is 31.7 Å². The molecule has 0 saturated carbocycles. The van der Waals surface area contributed by atoms with Crippen LogP contribution in [-0.2, 0) is 10.0 Å². The fourth-order valence-corrected chi connectivity index (χ4v) is 4.13. The molecule has 2 aromatic rings. The molecule has 0 unspecified atom stereocenters. The van der Waals surface area contributed by atoms with Crippen LogP contribution in [0.3, 0.4) is 0 Å². The lowest BCUT2D eigenvalue weighted by atomic mass is 10.2. The number of halogens is 2. The third kappa shape index (κ3) is 4.45. The quantitative estimate of drug-likeness (QED) is 0.758. The van der Waals surface area contributed by atoms with E-state index in [1.807, 2.05) is 0 Å². The van der Waals surface area contributed by atoms with Gasteiger partial charge in [-0.2, -0.15) is 4.31 Å². The van der Waals surface area contributed by atoms with Crippen LogP contribution in [0.4, 0.5) is 10.1 Å². The number of hydrogen-bond acceptors (Lipinski definition) is 3. The molecule has 0 bridgehead atoms. The predicted octanol–water partition coefficient (Wildman–Crippen LogP) is 3.87. The van der Waals surface area contributed by atoms with Crippen molar-refractivity contribution < 1.29 is 17.6 Å². The number of hydrogen-bond donors (Lipinski definition) is 1. The highest BCUT2D eigenvalue weighted by molar-refractivity contribution is 9.10. The number of rotatable bonds is 6. The van der Waals surface area contributed by atoms with Gasteiger partial charge in [0.1, 0.15) is 5.82 Å². The first-order valence-electron chi connectivity index (χ1n) is 7.66. The Balaban J connectivity index is 2.30. The lowest BCUT2D eigenvalue weighted by Crippen LogP contribution is -2.30. The Labute approximate surface area is 155 Å². The van der Waals surface area contributed by atoms with Crippen LogP contribution in [0.15, 0.2) is 51.8 Å². The Hall–Kier alpha value is -1.77. The van der Waals surface area contributed by atoms with Crippen LogP contribution >= 0.6 is 15.9 Å². The second-order valence-electron chi connectivity index (χ2n) is 5.20. The summed E-state index contributed by atoms with van der Waals surface area (Å²) >= 11 is 3.14. The number of sulfonamides is 1. The number of anilines is 1. The van der Waals surface area contributed by atoms with E-state index in [4.69, 9.17) is 0 Å². The molecular weight excluding hydrogens is 411 g/mol. The van der Waals surface area contributed by atoms with Gasteiger partial charge in [-0.25, -0.2) is 12.8 Å². The minimum absolute atomic E-state index is 0.0187. The zero-order valence-corrected chi connectivity index (χ0v) is 16.2. The first kappa shape index (κ1) is 19.6. The molecule has 0 aliphatic rings. The van der Waals surface area contributed by atoms with Crippen LogP contribution < -0.4 is 5.32 Å². The van der Waals surface area contributed by atoms with Crippen molar-refractivity contribution in [3.05, 3.63) is 58.3 Å². The molecule has 0 atom stereocenters. The maximum Gasteiger partial charge on any atom is 0.255 e. The van der Waals surface area contributed by atoms with Gasteiger partial charge in [-0.15, -0.1) is 0 Å². The van der Waals surface area contributed by atoms with Crippen molar-refractivity contribution in [3.63, 3.8) is 0 Å². The van der Waals surface area contributed by atoms with Crippen LogP contribution in [0.2, 0.25) is 0 Å². The number of carbonyl (C=O) groups is 1. The first-order chi connectivity index (χ1) is 11.8. The van der Waals surface area contributed by atoms with Gasteiger partial charge in [0.25, 0.3) is 5.91 Å². The number of nitrogens with one attached hydrogen (secondary N) is 1. The number of nitrogens with zero attached hydrogens (tertiary/aromatic N) is 1. The highest BCUT2D eigenvalue weighted by Gasteiger charge is 2.22. The first-order valence-corrected chi connectivity index (χ1v) is 9.89. The molecule has 0 fully saturated rings. The number of carbonyl (C=O) groups excluding carboxylic acids is 1. The molecule has 0 aliphatic heterocycles. The van der Waals surface area contributed by atoms with Crippen molar-refractivity contribution in [2.24, 2.45) is 0 Å². The second kappa shape index (κ2) is 8.07. The SMILES string of the molecule is CCN(CC)S(=O)(=O)c1cccc(C(=O)Nc2ccc(Br)cc2F)c1. The third-order valence-electron chi connectivity index (χ3n) is 3.62. The Kier molecular flexibility index (Phi) is 6.31. The van der Waals surface area contributed by atoms with E-state index in [1.165, 1.54) is 40.7 Å². The average Bonchev–Trinajstić information content (AvgIpc) is 2.58. The summed E-state index contributed by atoms with van der Waals surface area (Å²) in [6.45, 7) is 4.15. The zero-order valence-electron chi connectivity index (χ0n) is 13.8. The Morgan fingerprint density at radius 1 is 1.16 bits per heavy atom. The molecular formula is C17H18BrFN2O3S. The molecule has 5 nitrogen and oxygen atoms in total. The topological polar surface area (TPSA) is 66.5 Å². The van der Waals surface area contributed by atoms with Gasteiger partial charge in [0.15, 0.2) is 0 Å². The molecule has 8 heteroatoms. The maximum atomic E-state index is 13.8. The van der Waals surface area contributed by atoms with Gasteiger partial charge in [0, 0.05) is 23.1 Å². The van der Waals surface area contributed by atoms with Gasteiger partial charge in [-0.1, -0.05) is 35.8 Å². The van der Waals surface area contributed by atoms with Crippen molar-refractivity contribution in [1.29, 1.82) is 0 Å². The largest absolute Gasteiger partial charge is 0.319 e. The smallest absolute Gasteiger partial charge is 0.255 e. The van der Waals surface area contributed by atoms with E-state index in [2.05, 4.69) is 21.2 Å². The number of benzene rings is 2. The average molecular weight is 429 g/mol. The summed E-state index contributed by atoms with van der Waals surface area (Å²) in [6.07, 6.45) is 0. The van der Waals surface area contributed by atoms with Crippen molar-refractivity contribution in [2.75, 3.05) is 18.4 Å². The third-order valence-corrected chi connectivity index (χ3v) is 6.16. The Bertz CT molecular complexity index is 883. The summed E-state index contributed by atoms with van der Waals surface area (Å²) in [6, 6.07) is 9.95. The van der Waals surface area contributed by atoms with Gasteiger partial charge < -0.3 is 5.32 Å². The summed E-state index contributed by atoms with van der Waals surface area (Å²) in [5.41, 5.74) is 0.153. The van der Waals surface area contributed by atoms with E-state index in [9.17, 15) is 17.6 Å². The standard InChI is InChI=1S/C17H18BrFN2O3S/c1-3-21(4-2)25(23,24)14-7-5-6-12(10-14)17(22)20-16-9-8-13(18)11-15(16)19/h5-11H,3-4H2,1-2H3,(H,20,22). The second-order valence-corrected chi connectivity index (χ2v) is 8.05. The lowest BCUT2D eigenvalue weighted by molar-refractivity contribution is 0.102. The highest BCUT2D eigenvalue weighted by Crippen LogP contribution is 2.21. The Morgan fingerprint density at radius 2 is 1.84 bits per heavy atom. The van der Waals surface area contributed by atoms with Gasteiger partial charge in [0.05, 0.1) is 10.6 Å². The summed E-state index contributed by atoms with van der Waals surface area (Å²) in [5.74, 6) is -1.17. The van der Waals surface area contributed by atoms with Crippen molar-refractivity contribution in [3.8, 4) is 0 Å². The minimum atomic E-state index is -3.67. The molecule has 0 heterocycles. The molecule has 1 amide bonds. The molecule has 2 aromatic carbocycles. The predicted molar refractivity (Wildman–Crippen MR) is 98.6 cm³/mol. The van der Waals surface area contributed by atoms with Crippen molar-refractivity contribution in [2.45, 2.75) is 18.7 Å². The van der Waals surface area contributed by atoms with E-state index in [-0.39, 0.29) is 16.1 Å². The van der Waals surface area contributed by atoms with E-state index < -0.39 is 21.7 Å². The fourth-order valence-electron chi connectivity index (χ4n) is 2.30. The normalized spacial score (nSPS) is 11.6. The zero-order chi connectivity index (χ0) is 18.6. The molecule has 1 N–H and O–H groups in total. The van der Waals surface area contributed by atoms with Crippen LogP contribution in [0, 0.1) is 5.82 Å². The van der Waals surface area contributed by atoms with Gasteiger partial charge in [-0.3, -0.25) is 4.79 Å². The lowest BCUT2D eigenvalue weighted by Gasteiger charge is -2.18. The van der Waals surface area contributed by atoms with Crippen molar-refractivity contribution >= 4 is 37.5 Å². The van der Waals surface area contributed by atoms with E-state index >= 15 is 0 Å². The molecule has 2 rings (SSSR count).